The largest absolute Gasteiger partial charge is 0.375 e. The summed E-state index contributed by atoms with van der Waals surface area (Å²) in [6.07, 6.45) is 5.64. The fourth-order valence-corrected chi connectivity index (χ4v) is 1.73. The highest BCUT2D eigenvalue weighted by Crippen LogP contribution is 2.13. The Morgan fingerprint density at radius 3 is 2.80 bits per heavy atom. The van der Waals surface area contributed by atoms with Crippen LogP contribution in [0.3, 0.4) is 0 Å². The van der Waals surface area contributed by atoms with Crippen LogP contribution in [-0.2, 0) is 0 Å². The molecule has 0 aliphatic carbocycles. The molecule has 76 valence electrons. The van der Waals surface area contributed by atoms with Gasteiger partial charge in [0.25, 0.3) is 0 Å². The van der Waals surface area contributed by atoms with Crippen LogP contribution in [0.4, 0.5) is 5.13 Å². The van der Waals surface area contributed by atoms with Crippen molar-refractivity contribution >= 4 is 28.6 Å². The highest BCUT2D eigenvalue weighted by molar-refractivity contribution is 7.13. The van der Waals surface area contributed by atoms with Crippen molar-refractivity contribution in [3.05, 3.63) is 40.7 Å². The average molecular weight is 217 g/mol. The van der Waals surface area contributed by atoms with Crippen molar-refractivity contribution in [2.45, 2.75) is 6.92 Å². The molecule has 2 N–H and O–H groups in total. The number of nitrogen functional groups attached to an aromatic ring is 1. The minimum atomic E-state index is 0.590. The maximum absolute atomic E-state index is 5.53. The van der Waals surface area contributed by atoms with Crippen molar-refractivity contribution in [3.8, 4) is 0 Å². The Morgan fingerprint density at radius 2 is 2.13 bits per heavy atom. The van der Waals surface area contributed by atoms with Crippen LogP contribution in [0.1, 0.15) is 17.0 Å². The van der Waals surface area contributed by atoms with Gasteiger partial charge in [0.15, 0.2) is 5.13 Å². The Bertz CT molecular complexity index is 488. The Balaban J connectivity index is 2.18. The van der Waals surface area contributed by atoms with Gasteiger partial charge >= 0.3 is 0 Å². The number of hydrogen-bond donors (Lipinski definition) is 1. The highest BCUT2D eigenvalue weighted by Gasteiger charge is 1.94. The van der Waals surface area contributed by atoms with E-state index < -0.39 is 0 Å². The maximum atomic E-state index is 5.53. The van der Waals surface area contributed by atoms with Gasteiger partial charge < -0.3 is 5.73 Å². The topological polar surface area (TPSA) is 51.8 Å². The molecule has 0 aromatic carbocycles. The first-order chi connectivity index (χ1) is 7.24. The Morgan fingerprint density at radius 1 is 1.33 bits per heavy atom. The lowest BCUT2D eigenvalue weighted by Crippen LogP contribution is -1.82. The van der Waals surface area contributed by atoms with Crippen molar-refractivity contribution < 1.29 is 0 Å². The van der Waals surface area contributed by atoms with E-state index in [4.69, 9.17) is 5.73 Å². The van der Waals surface area contributed by atoms with E-state index in [0.717, 1.165) is 11.4 Å². The normalized spacial score (nSPS) is 11.0. The SMILES string of the molecule is Cc1ccnc(C=Cc2csc(N)n2)c1. The van der Waals surface area contributed by atoms with Gasteiger partial charge in [-0.25, -0.2) is 4.98 Å². The van der Waals surface area contributed by atoms with Crippen molar-refractivity contribution in [3.63, 3.8) is 0 Å². The quantitative estimate of drug-likeness (QED) is 0.841. The molecule has 0 spiro atoms. The first-order valence-corrected chi connectivity index (χ1v) is 5.44. The third kappa shape index (κ3) is 2.63. The van der Waals surface area contributed by atoms with Gasteiger partial charge in [-0.1, -0.05) is 0 Å². The number of nitrogens with zero attached hydrogens (tertiary/aromatic N) is 2. The first-order valence-electron chi connectivity index (χ1n) is 4.56. The zero-order chi connectivity index (χ0) is 10.7. The molecule has 0 radical (unpaired) electrons. The summed E-state index contributed by atoms with van der Waals surface area (Å²) in [7, 11) is 0. The Labute approximate surface area is 92.3 Å². The molecule has 0 fully saturated rings. The third-order valence-electron chi connectivity index (χ3n) is 1.90. The standard InChI is InChI=1S/C11H11N3S/c1-8-4-5-13-9(6-8)2-3-10-7-15-11(12)14-10/h2-7H,1H3,(H2,12,14). The van der Waals surface area contributed by atoms with E-state index in [2.05, 4.69) is 9.97 Å². The van der Waals surface area contributed by atoms with Crippen LogP contribution in [-0.4, -0.2) is 9.97 Å². The molecule has 2 aromatic rings. The molecule has 0 unspecified atom stereocenters. The van der Waals surface area contributed by atoms with Gasteiger partial charge in [0.1, 0.15) is 0 Å². The van der Waals surface area contributed by atoms with Crippen LogP contribution >= 0.6 is 11.3 Å². The molecule has 2 rings (SSSR count). The first kappa shape index (κ1) is 9.86. The van der Waals surface area contributed by atoms with Crippen LogP contribution in [0, 0.1) is 6.92 Å². The molecule has 0 bridgehead atoms. The Hall–Kier alpha value is -1.68. The summed E-state index contributed by atoms with van der Waals surface area (Å²) in [4.78, 5) is 8.35. The molecule has 4 heteroatoms. The number of aryl methyl sites for hydroxylation is 1. The maximum Gasteiger partial charge on any atom is 0.180 e. The summed E-state index contributed by atoms with van der Waals surface area (Å²) in [6.45, 7) is 2.04. The van der Waals surface area contributed by atoms with Crippen molar-refractivity contribution in [2.24, 2.45) is 0 Å². The van der Waals surface area contributed by atoms with Crippen molar-refractivity contribution in [1.29, 1.82) is 0 Å². The van der Waals surface area contributed by atoms with Gasteiger partial charge in [-0.05, 0) is 36.8 Å². The molecule has 0 aliphatic rings. The summed E-state index contributed by atoms with van der Waals surface area (Å²) in [5.41, 5.74) is 8.53. The van der Waals surface area contributed by atoms with Crippen LogP contribution in [0.2, 0.25) is 0 Å². The monoisotopic (exact) mass is 217 g/mol. The van der Waals surface area contributed by atoms with E-state index in [-0.39, 0.29) is 0 Å². The van der Waals surface area contributed by atoms with E-state index >= 15 is 0 Å². The number of hydrogen-bond acceptors (Lipinski definition) is 4. The van der Waals surface area contributed by atoms with E-state index in [1.54, 1.807) is 6.20 Å². The minimum Gasteiger partial charge on any atom is -0.375 e. The van der Waals surface area contributed by atoms with Gasteiger partial charge in [-0.15, -0.1) is 11.3 Å². The van der Waals surface area contributed by atoms with Crippen molar-refractivity contribution in [2.75, 3.05) is 5.73 Å². The zero-order valence-corrected chi connectivity index (χ0v) is 9.16. The molecule has 2 heterocycles. The van der Waals surface area contributed by atoms with Crippen LogP contribution in [0.5, 0.6) is 0 Å². The summed E-state index contributed by atoms with van der Waals surface area (Å²) in [6, 6.07) is 3.99. The second kappa shape index (κ2) is 4.23. The molecule has 0 amide bonds. The molecule has 0 atom stereocenters. The van der Waals surface area contributed by atoms with Crippen LogP contribution < -0.4 is 5.73 Å². The highest BCUT2D eigenvalue weighted by atomic mass is 32.1. The lowest BCUT2D eigenvalue weighted by molar-refractivity contribution is 1.26. The van der Waals surface area contributed by atoms with E-state index in [9.17, 15) is 0 Å². The predicted octanol–water partition coefficient (Wildman–Crippen LogP) is 2.60. The summed E-state index contributed by atoms with van der Waals surface area (Å²) < 4.78 is 0. The summed E-state index contributed by atoms with van der Waals surface area (Å²) >= 11 is 1.44. The second-order valence-corrected chi connectivity index (χ2v) is 4.09. The Kier molecular flexibility index (Phi) is 2.78. The molecule has 15 heavy (non-hydrogen) atoms. The van der Waals surface area contributed by atoms with Crippen LogP contribution in [0.15, 0.2) is 23.7 Å². The molecule has 3 nitrogen and oxygen atoms in total. The molecule has 2 aromatic heterocycles. The fraction of sp³-hybridized carbons (Fsp3) is 0.0909. The van der Waals surface area contributed by atoms with Crippen LogP contribution in [0.25, 0.3) is 12.2 Å². The summed E-state index contributed by atoms with van der Waals surface area (Å²) in [5.74, 6) is 0. The van der Waals surface area contributed by atoms with Gasteiger partial charge in [0.05, 0.1) is 11.4 Å². The average Bonchev–Trinajstić information content (AvgIpc) is 2.62. The van der Waals surface area contributed by atoms with Gasteiger partial charge in [-0.2, -0.15) is 0 Å². The number of nitrogens with two attached hydrogens (primary N) is 1. The number of anilines is 1. The number of pyridine rings is 1. The fourth-order valence-electron chi connectivity index (χ4n) is 1.20. The van der Waals surface area contributed by atoms with Gasteiger partial charge in [-0.3, -0.25) is 4.98 Å². The molecule has 0 aliphatic heterocycles. The zero-order valence-electron chi connectivity index (χ0n) is 8.34. The summed E-state index contributed by atoms with van der Waals surface area (Å²) in [5, 5.41) is 2.51. The molecular weight excluding hydrogens is 206 g/mol. The molecule has 0 saturated heterocycles. The lowest BCUT2D eigenvalue weighted by Gasteiger charge is -1.93. The molecule has 0 saturated carbocycles. The minimum absolute atomic E-state index is 0.590. The number of thiazole rings is 1. The second-order valence-electron chi connectivity index (χ2n) is 3.20. The van der Waals surface area contributed by atoms with E-state index in [1.165, 1.54) is 16.9 Å². The smallest absolute Gasteiger partial charge is 0.180 e. The predicted molar refractivity (Wildman–Crippen MR) is 64.4 cm³/mol. The number of aromatic nitrogens is 2. The lowest BCUT2D eigenvalue weighted by atomic mass is 10.2. The van der Waals surface area contributed by atoms with Crippen molar-refractivity contribution in [1.82, 2.24) is 9.97 Å². The van der Waals surface area contributed by atoms with E-state index in [0.29, 0.717) is 5.13 Å². The van der Waals surface area contributed by atoms with Gasteiger partial charge in [0.2, 0.25) is 0 Å². The van der Waals surface area contributed by atoms with Gasteiger partial charge in [0, 0.05) is 11.6 Å². The molecular formula is C11H11N3S. The third-order valence-corrected chi connectivity index (χ3v) is 2.59. The van der Waals surface area contributed by atoms with E-state index in [1.807, 2.05) is 36.6 Å². The number of rotatable bonds is 2.